The SMILES string of the molecule is Cc1c(C(C)NC(=O)O)ccc(-c2ncnc(Nc3ccn(C)n3)n2)c1F. The van der Waals surface area contributed by atoms with Crippen molar-refractivity contribution in [1.82, 2.24) is 30.0 Å². The summed E-state index contributed by atoms with van der Waals surface area (Å²) in [6, 6.07) is 4.38. The maximum absolute atomic E-state index is 14.9. The molecule has 1 amide bonds. The number of nitrogens with one attached hydrogen (secondary N) is 2. The Bertz CT molecular complexity index is 989. The van der Waals surface area contributed by atoms with E-state index in [1.807, 2.05) is 0 Å². The van der Waals surface area contributed by atoms with E-state index < -0.39 is 18.0 Å². The van der Waals surface area contributed by atoms with Gasteiger partial charge in [-0.25, -0.2) is 19.2 Å². The number of anilines is 2. The van der Waals surface area contributed by atoms with Crippen molar-refractivity contribution in [3.63, 3.8) is 0 Å². The number of carboxylic acid groups (broad SMARTS) is 1. The zero-order valence-electron chi connectivity index (χ0n) is 14.9. The molecule has 3 rings (SSSR count). The van der Waals surface area contributed by atoms with Crippen LogP contribution in [-0.4, -0.2) is 35.9 Å². The molecule has 1 unspecified atom stereocenters. The molecule has 2 heterocycles. The number of benzene rings is 1. The summed E-state index contributed by atoms with van der Waals surface area (Å²) in [4.78, 5) is 23.1. The lowest BCUT2D eigenvalue weighted by atomic mass is 9.98. The number of hydrogen-bond donors (Lipinski definition) is 3. The van der Waals surface area contributed by atoms with Gasteiger partial charge in [-0.15, -0.1) is 0 Å². The van der Waals surface area contributed by atoms with Gasteiger partial charge in [0, 0.05) is 19.3 Å². The second-order valence-corrected chi connectivity index (χ2v) is 5.94. The Labute approximate surface area is 154 Å². The third-order valence-electron chi connectivity index (χ3n) is 4.00. The zero-order valence-corrected chi connectivity index (χ0v) is 14.9. The van der Waals surface area contributed by atoms with Gasteiger partial charge in [-0.2, -0.15) is 10.1 Å². The number of halogens is 1. The average molecular weight is 371 g/mol. The quantitative estimate of drug-likeness (QED) is 0.631. The lowest BCUT2D eigenvalue weighted by Gasteiger charge is -2.16. The minimum absolute atomic E-state index is 0.162. The standard InChI is InChI=1S/C17H18FN7O2/c1-9-11(10(2)21-17(26)27)4-5-12(14(9)18)15-19-8-20-16(23-15)22-13-6-7-25(3)24-13/h4-8,10,21H,1-3H3,(H,26,27)(H,19,20,22,23,24). The summed E-state index contributed by atoms with van der Waals surface area (Å²) in [5, 5.41) is 18.3. The molecular formula is C17H18FN7O2. The van der Waals surface area contributed by atoms with Crippen LogP contribution < -0.4 is 10.6 Å². The normalized spacial score (nSPS) is 11.9. The van der Waals surface area contributed by atoms with Gasteiger partial charge >= 0.3 is 6.09 Å². The summed E-state index contributed by atoms with van der Waals surface area (Å²) in [6.07, 6.45) is 1.87. The molecule has 10 heteroatoms. The van der Waals surface area contributed by atoms with Crippen molar-refractivity contribution in [1.29, 1.82) is 0 Å². The summed E-state index contributed by atoms with van der Waals surface area (Å²) in [7, 11) is 1.78. The summed E-state index contributed by atoms with van der Waals surface area (Å²) < 4.78 is 16.5. The Morgan fingerprint density at radius 3 is 2.74 bits per heavy atom. The largest absolute Gasteiger partial charge is 0.465 e. The summed E-state index contributed by atoms with van der Waals surface area (Å²) in [5.74, 6) is 0.437. The fourth-order valence-corrected chi connectivity index (χ4v) is 2.69. The first-order valence-corrected chi connectivity index (χ1v) is 8.09. The van der Waals surface area contributed by atoms with Gasteiger partial charge in [-0.05, 0) is 31.0 Å². The molecule has 27 heavy (non-hydrogen) atoms. The van der Waals surface area contributed by atoms with Crippen LogP contribution >= 0.6 is 0 Å². The summed E-state index contributed by atoms with van der Waals surface area (Å²) >= 11 is 0. The molecule has 0 radical (unpaired) electrons. The highest BCUT2D eigenvalue weighted by Crippen LogP contribution is 2.28. The molecule has 1 aromatic carbocycles. The van der Waals surface area contributed by atoms with Crippen LogP contribution in [0.15, 0.2) is 30.7 Å². The Hall–Kier alpha value is -3.56. The Morgan fingerprint density at radius 2 is 2.07 bits per heavy atom. The van der Waals surface area contributed by atoms with E-state index in [1.165, 1.54) is 12.4 Å². The van der Waals surface area contributed by atoms with E-state index in [-0.39, 0.29) is 17.3 Å². The van der Waals surface area contributed by atoms with Crippen molar-refractivity contribution in [3.05, 3.63) is 47.7 Å². The minimum atomic E-state index is -1.17. The molecule has 0 saturated carbocycles. The van der Waals surface area contributed by atoms with Gasteiger partial charge < -0.3 is 15.7 Å². The molecule has 140 valence electrons. The highest BCUT2D eigenvalue weighted by molar-refractivity contribution is 5.66. The Morgan fingerprint density at radius 1 is 1.30 bits per heavy atom. The van der Waals surface area contributed by atoms with Gasteiger partial charge in [-0.1, -0.05) is 6.07 Å². The van der Waals surface area contributed by atoms with Crippen LogP contribution in [0, 0.1) is 12.7 Å². The van der Waals surface area contributed by atoms with E-state index in [9.17, 15) is 9.18 Å². The first-order chi connectivity index (χ1) is 12.8. The molecule has 9 nitrogen and oxygen atoms in total. The van der Waals surface area contributed by atoms with Crippen molar-refractivity contribution in [2.45, 2.75) is 19.9 Å². The third kappa shape index (κ3) is 4.00. The Kier molecular flexibility index (Phi) is 4.97. The third-order valence-corrected chi connectivity index (χ3v) is 4.00. The highest BCUT2D eigenvalue weighted by atomic mass is 19.1. The monoisotopic (exact) mass is 371 g/mol. The van der Waals surface area contributed by atoms with Crippen LogP contribution in [-0.2, 0) is 7.05 Å². The molecule has 3 aromatic rings. The van der Waals surface area contributed by atoms with Crippen molar-refractivity contribution >= 4 is 17.9 Å². The number of aromatic nitrogens is 5. The summed E-state index contributed by atoms with van der Waals surface area (Å²) in [5.41, 5.74) is 1.07. The predicted octanol–water partition coefficient (Wildman–Crippen LogP) is 2.79. The van der Waals surface area contributed by atoms with Gasteiger partial charge in [0.2, 0.25) is 5.95 Å². The molecular weight excluding hydrogens is 353 g/mol. The molecule has 2 aromatic heterocycles. The van der Waals surface area contributed by atoms with Gasteiger partial charge in [-0.3, -0.25) is 4.68 Å². The van der Waals surface area contributed by atoms with Crippen LogP contribution in [0.25, 0.3) is 11.4 Å². The molecule has 0 saturated heterocycles. The number of hydrogen-bond acceptors (Lipinski definition) is 6. The first kappa shape index (κ1) is 18.2. The molecule has 0 fully saturated rings. The molecule has 0 aliphatic heterocycles. The topological polar surface area (TPSA) is 118 Å². The van der Waals surface area contributed by atoms with E-state index in [4.69, 9.17) is 5.11 Å². The molecule has 3 N–H and O–H groups in total. The van der Waals surface area contributed by atoms with Crippen LogP contribution in [0.5, 0.6) is 0 Å². The van der Waals surface area contributed by atoms with Gasteiger partial charge in [0.05, 0.1) is 11.6 Å². The van der Waals surface area contributed by atoms with Crippen molar-refractivity contribution < 1.29 is 14.3 Å². The molecule has 0 bridgehead atoms. The Balaban J connectivity index is 1.91. The number of amides is 1. The first-order valence-electron chi connectivity index (χ1n) is 8.09. The lowest BCUT2D eigenvalue weighted by Crippen LogP contribution is -2.25. The fourth-order valence-electron chi connectivity index (χ4n) is 2.69. The molecule has 1 atom stereocenters. The number of rotatable bonds is 5. The maximum Gasteiger partial charge on any atom is 0.405 e. The maximum atomic E-state index is 14.9. The van der Waals surface area contributed by atoms with Crippen LogP contribution in [0.1, 0.15) is 24.1 Å². The second kappa shape index (κ2) is 7.36. The number of nitrogens with zero attached hydrogens (tertiary/aromatic N) is 5. The van der Waals surface area contributed by atoms with E-state index in [1.54, 1.807) is 43.9 Å². The molecule has 0 aliphatic rings. The fraction of sp³-hybridized carbons (Fsp3) is 0.235. The minimum Gasteiger partial charge on any atom is -0.465 e. The predicted molar refractivity (Wildman–Crippen MR) is 96.0 cm³/mol. The van der Waals surface area contributed by atoms with Crippen LogP contribution in [0.4, 0.5) is 21.0 Å². The van der Waals surface area contributed by atoms with Crippen LogP contribution in [0.3, 0.4) is 0 Å². The zero-order chi connectivity index (χ0) is 19.6. The van der Waals surface area contributed by atoms with E-state index >= 15 is 0 Å². The lowest BCUT2D eigenvalue weighted by molar-refractivity contribution is 0.191. The summed E-state index contributed by atoms with van der Waals surface area (Å²) in [6.45, 7) is 3.23. The number of carbonyl (C=O) groups is 1. The van der Waals surface area contributed by atoms with Crippen molar-refractivity contribution in [2.24, 2.45) is 7.05 Å². The van der Waals surface area contributed by atoms with Gasteiger partial charge in [0.25, 0.3) is 0 Å². The molecule has 0 aliphatic carbocycles. The van der Waals surface area contributed by atoms with E-state index in [2.05, 4.69) is 30.7 Å². The van der Waals surface area contributed by atoms with Crippen molar-refractivity contribution in [2.75, 3.05) is 5.32 Å². The van der Waals surface area contributed by atoms with Crippen LogP contribution in [0.2, 0.25) is 0 Å². The van der Waals surface area contributed by atoms with E-state index in [0.717, 1.165) is 0 Å². The average Bonchev–Trinajstić information content (AvgIpc) is 3.01. The van der Waals surface area contributed by atoms with E-state index in [0.29, 0.717) is 16.9 Å². The molecule has 0 spiro atoms. The smallest absolute Gasteiger partial charge is 0.405 e. The second-order valence-electron chi connectivity index (χ2n) is 5.94. The number of aryl methyl sites for hydroxylation is 1. The van der Waals surface area contributed by atoms with Crippen molar-refractivity contribution in [3.8, 4) is 11.4 Å². The highest BCUT2D eigenvalue weighted by Gasteiger charge is 2.18. The van der Waals surface area contributed by atoms with Gasteiger partial charge in [0.1, 0.15) is 12.1 Å². The van der Waals surface area contributed by atoms with Gasteiger partial charge in [0.15, 0.2) is 11.6 Å².